The van der Waals surface area contributed by atoms with E-state index >= 15 is 0 Å². The Balaban J connectivity index is 1.85. The van der Waals surface area contributed by atoms with Crippen LogP contribution in [0.2, 0.25) is 0 Å². The van der Waals surface area contributed by atoms with Gasteiger partial charge in [0.15, 0.2) is 11.0 Å². The van der Waals surface area contributed by atoms with Gasteiger partial charge in [0.2, 0.25) is 0 Å². The molecule has 0 aliphatic carbocycles. The summed E-state index contributed by atoms with van der Waals surface area (Å²) >= 11 is 0. The van der Waals surface area contributed by atoms with Gasteiger partial charge in [0.05, 0.1) is 18.9 Å². The molecule has 0 spiro atoms. The number of anilines is 1. The lowest BCUT2D eigenvalue weighted by molar-refractivity contribution is 0.122. The Kier molecular flexibility index (Phi) is 4.73. The van der Waals surface area contributed by atoms with Crippen molar-refractivity contribution in [2.24, 2.45) is 0 Å². The van der Waals surface area contributed by atoms with Crippen LogP contribution in [0.25, 0.3) is 33.4 Å². The highest BCUT2D eigenvalue weighted by Crippen LogP contribution is 2.42. The van der Waals surface area contributed by atoms with E-state index in [2.05, 4.69) is 4.90 Å². The minimum atomic E-state index is -0.265. The topological polar surface area (TPSA) is 62.9 Å². The Labute approximate surface area is 173 Å². The third-order valence-corrected chi connectivity index (χ3v) is 5.43. The summed E-state index contributed by atoms with van der Waals surface area (Å²) in [5.74, 6) is 0.406. The van der Waals surface area contributed by atoms with Crippen molar-refractivity contribution in [1.82, 2.24) is 0 Å². The highest BCUT2D eigenvalue weighted by Gasteiger charge is 2.23. The molecule has 1 aliphatic heterocycles. The molecule has 5 nitrogen and oxygen atoms in total. The van der Waals surface area contributed by atoms with E-state index in [9.17, 15) is 9.90 Å². The second-order valence-electron chi connectivity index (χ2n) is 7.30. The summed E-state index contributed by atoms with van der Waals surface area (Å²) < 4.78 is 11.8. The largest absolute Gasteiger partial charge is 0.507 e. The molecule has 1 saturated heterocycles. The summed E-state index contributed by atoms with van der Waals surface area (Å²) in [5, 5.41) is 11.0. The summed E-state index contributed by atoms with van der Waals surface area (Å²) in [4.78, 5) is 15.2. The number of morpholine rings is 1. The molecule has 5 rings (SSSR count). The van der Waals surface area contributed by atoms with Crippen LogP contribution in [0.4, 0.5) is 5.69 Å². The van der Waals surface area contributed by atoms with Crippen molar-refractivity contribution in [3.8, 4) is 28.2 Å². The van der Waals surface area contributed by atoms with E-state index in [1.807, 2.05) is 60.7 Å². The molecular formula is C25H21NO4. The first-order valence-corrected chi connectivity index (χ1v) is 10.00. The molecule has 150 valence electrons. The number of fused-ring (bicyclic) bond motifs is 1. The van der Waals surface area contributed by atoms with Gasteiger partial charge in [-0.3, -0.25) is 4.79 Å². The minimum absolute atomic E-state index is 0.0699. The average molecular weight is 399 g/mol. The fraction of sp³-hybridized carbons (Fsp3) is 0.160. The van der Waals surface area contributed by atoms with E-state index in [-0.39, 0.29) is 16.6 Å². The molecular weight excluding hydrogens is 378 g/mol. The molecule has 1 aliphatic rings. The summed E-state index contributed by atoms with van der Waals surface area (Å²) in [6.07, 6.45) is 0. The van der Waals surface area contributed by atoms with Crippen LogP contribution in [0.5, 0.6) is 5.75 Å². The van der Waals surface area contributed by atoms with Gasteiger partial charge in [-0.25, -0.2) is 0 Å². The van der Waals surface area contributed by atoms with Crippen molar-refractivity contribution in [3.63, 3.8) is 0 Å². The highest BCUT2D eigenvalue weighted by molar-refractivity contribution is 6.03. The van der Waals surface area contributed by atoms with E-state index in [4.69, 9.17) is 9.15 Å². The van der Waals surface area contributed by atoms with E-state index in [0.717, 1.165) is 22.4 Å². The van der Waals surface area contributed by atoms with Gasteiger partial charge in [-0.15, -0.1) is 0 Å². The van der Waals surface area contributed by atoms with Crippen LogP contribution >= 0.6 is 0 Å². The average Bonchev–Trinajstić information content (AvgIpc) is 2.80. The number of nitrogens with zero attached hydrogens (tertiary/aromatic N) is 1. The lowest BCUT2D eigenvalue weighted by atomic mass is 9.98. The normalized spacial score (nSPS) is 14.2. The number of ether oxygens (including phenoxy) is 1. The van der Waals surface area contributed by atoms with Crippen LogP contribution in [0.1, 0.15) is 0 Å². The molecule has 5 heteroatoms. The monoisotopic (exact) mass is 399 g/mol. The first-order valence-electron chi connectivity index (χ1n) is 10.00. The number of rotatable bonds is 3. The number of hydrogen-bond acceptors (Lipinski definition) is 5. The highest BCUT2D eigenvalue weighted by atomic mass is 16.5. The summed E-state index contributed by atoms with van der Waals surface area (Å²) in [7, 11) is 0. The lowest BCUT2D eigenvalue weighted by Gasteiger charge is -2.31. The maximum Gasteiger partial charge on any atom is 0.197 e. The van der Waals surface area contributed by atoms with Crippen LogP contribution in [0.15, 0.2) is 82.0 Å². The molecule has 0 atom stereocenters. The first-order chi connectivity index (χ1) is 14.7. The Morgan fingerprint density at radius 2 is 1.47 bits per heavy atom. The smallest absolute Gasteiger partial charge is 0.197 e. The van der Waals surface area contributed by atoms with Crippen LogP contribution in [-0.2, 0) is 4.74 Å². The number of phenols is 1. The maximum absolute atomic E-state index is 13.0. The molecule has 0 unspecified atom stereocenters. The minimum Gasteiger partial charge on any atom is -0.507 e. The van der Waals surface area contributed by atoms with Gasteiger partial charge in [-0.2, -0.15) is 0 Å². The summed E-state index contributed by atoms with van der Waals surface area (Å²) in [6, 6.07) is 22.5. The van der Waals surface area contributed by atoms with E-state index in [1.54, 1.807) is 6.07 Å². The van der Waals surface area contributed by atoms with Gasteiger partial charge >= 0.3 is 0 Å². The van der Waals surface area contributed by atoms with Crippen molar-refractivity contribution in [2.45, 2.75) is 0 Å². The zero-order chi connectivity index (χ0) is 20.5. The number of aromatic hydroxyl groups is 1. The van der Waals surface area contributed by atoms with Gasteiger partial charge in [-0.1, -0.05) is 60.7 Å². The standard InChI is InChI=1S/C25H21NO4/c27-20-15-19(26-11-13-29-14-12-26)23(18-9-5-2-6-10-18)25-24(20)21(28)16-22(30-25)17-7-3-1-4-8-17/h1-10,15-16,27H,11-14H2. The van der Waals surface area contributed by atoms with Crippen LogP contribution in [0, 0.1) is 0 Å². The second kappa shape index (κ2) is 7.69. The summed E-state index contributed by atoms with van der Waals surface area (Å²) in [6.45, 7) is 2.63. The number of phenolic OH excluding ortho intramolecular Hbond substituents is 1. The molecule has 1 fully saturated rings. The third kappa shape index (κ3) is 3.23. The van der Waals surface area contributed by atoms with Gasteiger partial charge < -0.3 is 19.2 Å². The van der Waals surface area contributed by atoms with Crippen LogP contribution in [0.3, 0.4) is 0 Å². The maximum atomic E-state index is 13.0. The van der Waals surface area contributed by atoms with Gasteiger partial charge in [0.1, 0.15) is 16.9 Å². The van der Waals surface area contributed by atoms with Crippen molar-refractivity contribution < 1.29 is 14.3 Å². The van der Waals surface area contributed by atoms with Crippen LogP contribution in [-0.4, -0.2) is 31.4 Å². The third-order valence-electron chi connectivity index (χ3n) is 5.43. The van der Waals surface area contributed by atoms with Gasteiger partial charge in [-0.05, 0) is 5.56 Å². The molecule has 3 aromatic carbocycles. The lowest BCUT2D eigenvalue weighted by Crippen LogP contribution is -2.36. The van der Waals surface area contributed by atoms with Crippen LogP contribution < -0.4 is 10.3 Å². The molecule has 1 N–H and O–H groups in total. The zero-order valence-corrected chi connectivity index (χ0v) is 16.4. The molecule has 30 heavy (non-hydrogen) atoms. The molecule has 0 bridgehead atoms. The van der Waals surface area contributed by atoms with Crippen molar-refractivity contribution in [1.29, 1.82) is 0 Å². The van der Waals surface area contributed by atoms with E-state index in [0.29, 0.717) is 37.6 Å². The fourth-order valence-electron chi connectivity index (χ4n) is 3.98. The fourth-order valence-corrected chi connectivity index (χ4v) is 3.98. The van der Waals surface area contributed by atoms with Crippen molar-refractivity contribution >= 4 is 16.7 Å². The molecule has 0 radical (unpaired) electrons. The predicted octanol–water partition coefficient (Wildman–Crippen LogP) is 4.67. The Morgan fingerprint density at radius 3 is 2.13 bits per heavy atom. The molecule has 1 aromatic heterocycles. The van der Waals surface area contributed by atoms with E-state index < -0.39 is 0 Å². The number of hydrogen-bond donors (Lipinski definition) is 1. The molecule has 4 aromatic rings. The molecule has 2 heterocycles. The Bertz CT molecular complexity index is 1240. The SMILES string of the molecule is O=c1cc(-c2ccccc2)oc2c(-c3ccccc3)c(N3CCOCC3)cc(O)c12. The van der Waals surface area contributed by atoms with Crippen molar-refractivity contribution in [3.05, 3.63) is 83.0 Å². The number of benzene rings is 3. The van der Waals surface area contributed by atoms with Gasteiger partial charge in [0.25, 0.3) is 0 Å². The Morgan fingerprint density at radius 1 is 0.833 bits per heavy atom. The zero-order valence-electron chi connectivity index (χ0n) is 16.4. The molecule has 0 saturated carbocycles. The Hall–Kier alpha value is -3.57. The second-order valence-corrected chi connectivity index (χ2v) is 7.30. The first kappa shape index (κ1) is 18.5. The van der Waals surface area contributed by atoms with Crippen molar-refractivity contribution in [2.75, 3.05) is 31.2 Å². The summed E-state index contributed by atoms with van der Waals surface area (Å²) in [5.41, 5.74) is 3.51. The molecule has 0 amide bonds. The van der Waals surface area contributed by atoms with Gasteiger partial charge in [0, 0.05) is 36.3 Å². The predicted molar refractivity (Wildman–Crippen MR) is 118 cm³/mol. The van der Waals surface area contributed by atoms with E-state index in [1.165, 1.54) is 6.07 Å². The quantitative estimate of drug-likeness (QED) is 0.542.